The molecule has 0 heterocycles. The van der Waals surface area contributed by atoms with Crippen molar-refractivity contribution in [2.24, 2.45) is 0 Å². The number of hydrogen-bond donors (Lipinski definition) is 2. The number of carbonyl (C=O) groups excluding carboxylic acids is 2. The summed E-state index contributed by atoms with van der Waals surface area (Å²) in [5.41, 5.74) is 0. The van der Waals surface area contributed by atoms with Crippen molar-refractivity contribution in [2.45, 2.75) is 58.8 Å². The molecule has 0 aliphatic carbocycles. The number of carbonyl (C=O) groups is 2. The smallest absolute Gasteiger partial charge is 0.220 e. The Kier molecular flexibility index (Phi) is 13.5. The van der Waals surface area contributed by atoms with Gasteiger partial charge in [0.15, 0.2) is 0 Å². The first kappa shape index (κ1) is 18.9. The lowest BCUT2D eigenvalue weighted by molar-refractivity contribution is -0.126. The molecular formula is C15H30N2O3. The van der Waals surface area contributed by atoms with Crippen LogP contribution in [0.3, 0.4) is 0 Å². The second-order valence-electron chi connectivity index (χ2n) is 4.87. The standard InChI is InChI=1S/C15H30N2O3/c1-3-5-10-16-14(18)8-9-15(19)17-11-7-13-20-12-6-4-2/h3-13H2,1-2H3,(H,16,18)(H,17,19). The highest BCUT2D eigenvalue weighted by Crippen LogP contribution is 1.92. The molecule has 0 saturated heterocycles. The van der Waals surface area contributed by atoms with Crippen molar-refractivity contribution in [3.8, 4) is 0 Å². The molecule has 0 aromatic rings. The van der Waals surface area contributed by atoms with Gasteiger partial charge in [-0.25, -0.2) is 0 Å². The van der Waals surface area contributed by atoms with Crippen LogP contribution in [-0.4, -0.2) is 38.1 Å². The molecule has 0 fully saturated rings. The van der Waals surface area contributed by atoms with Gasteiger partial charge in [-0.15, -0.1) is 0 Å². The fourth-order valence-electron chi connectivity index (χ4n) is 1.56. The molecule has 2 amide bonds. The molecule has 0 aromatic heterocycles. The van der Waals surface area contributed by atoms with E-state index in [0.717, 1.165) is 38.7 Å². The van der Waals surface area contributed by atoms with Crippen LogP contribution >= 0.6 is 0 Å². The Labute approximate surface area is 122 Å². The molecule has 0 spiro atoms. The normalized spacial score (nSPS) is 10.3. The molecule has 0 unspecified atom stereocenters. The Morgan fingerprint density at radius 2 is 1.30 bits per heavy atom. The van der Waals surface area contributed by atoms with Crippen LogP contribution in [0.2, 0.25) is 0 Å². The molecule has 0 atom stereocenters. The monoisotopic (exact) mass is 286 g/mol. The van der Waals surface area contributed by atoms with Crippen LogP contribution in [0.5, 0.6) is 0 Å². The molecule has 0 aromatic carbocycles. The van der Waals surface area contributed by atoms with Gasteiger partial charge in [0, 0.05) is 39.1 Å². The summed E-state index contributed by atoms with van der Waals surface area (Å²) >= 11 is 0. The maximum Gasteiger partial charge on any atom is 0.220 e. The van der Waals surface area contributed by atoms with Crippen LogP contribution in [-0.2, 0) is 14.3 Å². The first-order chi connectivity index (χ1) is 9.70. The summed E-state index contributed by atoms with van der Waals surface area (Å²) in [7, 11) is 0. The molecule has 0 rings (SSSR count). The van der Waals surface area contributed by atoms with E-state index < -0.39 is 0 Å². The van der Waals surface area contributed by atoms with E-state index in [1.807, 2.05) is 0 Å². The number of rotatable bonds is 13. The maximum atomic E-state index is 11.5. The topological polar surface area (TPSA) is 67.4 Å². The van der Waals surface area contributed by atoms with Crippen molar-refractivity contribution in [1.82, 2.24) is 10.6 Å². The van der Waals surface area contributed by atoms with Crippen molar-refractivity contribution < 1.29 is 14.3 Å². The van der Waals surface area contributed by atoms with Gasteiger partial charge in [-0.3, -0.25) is 9.59 Å². The predicted octanol–water partition coefficient (Wildman–Crippen LogP) is 2.01. The quantitative estimate of drug-likeness (QED) is 0.509. The lowest BCUT2D eigenvalue weighted by Gasteiger charge is -2.06. The van der Waals surface area contributed by atoms with Crippen LogP contribution in [0, 0.1) is 0 Å². The zero-order valence-corrected chi connectivity index (χ0v) is 13.0. The molecular weight excluding hydrogens is 256 g/mol. The molecule has 0 radical (unpaired) electrons. The Balaban J connectivity index is 3.34. The summed E-state index contributed by atoms with van der Waals surface area (Å²) in [4.78, 5) is 22.9. The van der Waals surface area contributed by atoms with Crippen molar-refractivity contribution >= 4 is 11.8 Å². The number of amides is 2. The Morgan fingerprint density at radius 1 is 0.800 bits per heavy atom. The number of nitrogens with one attached hydrogen (secondary N) is 2. The van der Waals surface area contributed by atoms with Gasteiger partial charge in [-0.2, -0.15) is 0 Å². The third-order valence-electron chi connectivity index (χ3n) is 2.86. The molecule has 0 aliphatic heterocycles. The fourth-order valence-corrected chi connectivity index (χ4v) is 1.56. The Hall–Kier alpha value is -1.10. The van der Waals surface area contributed by atoms with Gasteiger partial charge in [0.25, 0.3) is 0 Å². The Bertz CT molecular complexity index is 258. The third kappa shape index (κ3) is 13.3. The summed E-state index contributed by atoms with van der Waals surface area (Å²) in [6.45, 7) is 6.99. The van der Waals surface area contributed by atoms with Gasteiger partial charge in [0.05, 0.1) is 0 Å². The van der Waals surface area contributed by atoms with E-state index in [4.69, 9.17) is 4.74 Å². The highest BCUT2D eigenvalue weighted by molar-refractivity contribution is 5.83. The van der Waals surface area contributed by atoms with E-state index in [-0.39, 0.29) is 24.7 Å². The van der Waals surface area contributed by atoms with Crippen LogP contribution in [0.4, 0.5) is 0 Å². The minimum Gasteiger partial charge on any atom is -0.381 e. The summed E-state index contributed by atoms with van der Waals surface area (Å²) < 4.78 is 5.39. The highest BCUT2D eigenvalue weighted by atomic mass is 16.5. The van der Waals surface area contributed by atoms with Crippen LogP contribution in [0.25, 0.3) is 0 Å². The lowest BCUT2D eigenvalue weighted by atomic mass is 10.2. The second kappa shape index (κ2) is 14.3. The fraction of sp³-hybridized carbons (Fsp3) is 0.867. The van der Waals surface area contributed by atoms with Crippen LogP contribution in [0.15, 0.2) is 0 Å². The zero-order chi connectivity index (χ0) is 15.1. The van der Waals surface area contributed by atoms with Crippen molar-refractivity contribution in [3.63, 3.8) is 0 Å². The zero-order valence-electron chi connectivity index (χ0n) is 13.0. The third-order valence-corrected chi connectivity index (χ3v) is 2.86. The maximum absolute atomic E-state index is 11.5. The molecule has 0 aliphatic rings. The van der Waals surface area contributed by atoms with E-state index in [0.29, 0.717) is 19.7 Å². The molecule has 5 heteroatoms. The average molecular weight is 286 g/mol. The van der Waals surface area contributed by atoms with Crippen LogP contribution < -0.4 is 10.6 Å². The van der Waals surface area contributed by atoms with Gasteiger partial charge in [-0.1, -0.05) is 26.7 Å². The van der Waals surface area contributed by atoms with Gasteiger partial charge in [0.1, 0.15) is 0 Å². The predicted molar refractivity (Wildman–Crippen MR) is 80.5 cm³/mol. The highest BCUT2D eigenvalue weighted by Gasteiger charge is 2.05. The summed E-state index contributed by atoms with van der Waals surface area (Å²) in [6.07, 6.45) is 5.60. The summed E-state index contributed by atoms with van der Waals surface area (Å²) in [6, 6.07) is 0. The van der Waals surface area contributed by atoms with Gasteiger partial charge >= 0.3 is 0 Å². The SMILES string of the molecule is CCCCNC(=O)CCC(=O)NCCCOCCCC. The molecule has 2 N–H and O–H groups in total. The minimum atomic E-state index is -0.0656. The number of unbranched alkanes of at least 4 members (excludes halogenated alkanes) is 2. The van der Waals surface area contributed by atoms with Gasteiger partial charge in [0.2, 0.25) is 11.8 Å². The molecule has 0 saturated carbocycles. The van der Waals surface area contributed by atoms with E-state index in [1.165, 1.54) is 0 Å². The first-order valence-electron chi connectivity index (χ1n) is 7.81. The second-order valence-corrected chi connectivity index (χ2v) is 4.87. The van der Waals surface area contributed by atoms with E-state index >= 15 is 0 Å². The van der Waals surface area contributed by atoms with E-state index in [9.17, 15) is 9.59 Å². The summed E-state index contributed by atoms with van der Waals surface area (Å²) in [5, 5.41) is 5.59. The Morgan fingerprint density at radius 3 is 1.85 bits per heavy atom. The van der Waals surface area contributed by atoms with Crippen LogP contribution in [0.1, 0.15) is 58.8 Å². The molecule has 0 bridgehead atoms. The van der Waals surface area contributed by atoms with E-state index in [2.05, 4.69) is 24.5 Å². The van der Waals surface area contributed by atoms with Gasteiger partial charge < -0.3 is 15.4 Å². The van der Waals surface area contributed by atoms with Crippen molar-refractivity contribution in [1.29, 1.82) is 0 Å². The summed E-state index contributed by atoms with van der Waals surface area (Å²) in [5.74, 6) is -0.110. The largest absolute Gasteiger partial charge is 0.381 e. The molecule has 118 valence electrons. The molecule has 20 heavy (non-hydrogen) atoms. The minimum absolute atomic E-state index is 0.0449. The van der Waals surface area contributed by atoms with Gasteiger partial charge in [-0.05, 0) is 19.3 Å². The average Bonchev–Trinajstić information content (AvgIpc) is 2.44. The first-order valence-corrected chi connectivity index (χ1v) is 7.81. The number of hydrogen-bond acceptors (Lipinski definition) is 3. The van der Waals surface area contributed by atoms with E-state index in [1.54, 1.807) is 0 Å². The number of ether oxygens (including phenoxy) is 1. The lowest BCUT2D eigenvalue weighted by Crippen LogP contribution is -2.29. The molecule has 5 nitrogen and oxygen atoms in total. The van der Waals surface area contributed by atoms with Crippen molar-refractivity contribution in [2.75, 3.05) is 26.3 Å². The van der Waals surface area contributed by atoms with Crippen molar-refractivity contribution in [3.05, 3.63) is 0 Å².